The van der Waals surface area contributed by atoms with Crippen LogP contribution in [0.2, 0.25) is 5.02 Å². The first kappa shape index (κ1) is 13.2. The lowest BCUT2D eigenvalue weighted by Crippen LogP contribution is -2.26. The topological polar surface area (TPSA) is 80.1 Å². The third-order valence-corrected chi connectivity index (χ3v) is 3.63. The van der Waals surface area contributed by atoms with E-state index in [4.69, 9.17) is 22.1 Å². The first-order valence-electron chi connectivity index (χ1n) is 6.44. The van der Waals surface area contributed by atoms with E-state index in [-0.39, 0.29) is 6.04 Å². The van der Waals surface area contributed by atoms with Crippen LogP contribution in [0.4, 0.5) is 5.95 Å². The molecule has 0 saturated carbocycles. The summed E-state index contributed by atoms with van der Waals surface area (Å²) in [6.07, 6.45) is 0.963. The third-order valence-electron chi connectivity index (χ3n) is 3.40. The van der Waals surface area contributed by atoms with Gasteiger partial charge in [0.05, 0.1) is 12.7 Å². The Morgan fingerprint density at radius 2 is 2.35 bits per heavy atom. The fourth-order valence-electron chi connectivity index (χ4n) is 2.35. The highest BCUT2D eigenvalue weighted by Crippen LogP contribution is 2.31. The molecule has 20 heavy (non-hydrogen) atoms. The Balaban J connectivity index is 1.92. The lowest BCUT2D eigenvalue weighted by atomic mass is 10.2. The zero-order valence-corrected chi connectivity index (χ0v) is 11.9. The van der Waals surface area contributed by atoms with Crippen molar-refractivity contribution in [1.29, 1.82) is 0 Å². The molecule has 1 aliphatic heterocycles. The van der Waals surface area contributed by atoms with E-state index in [2.05, 4.69) is 20.1 Å². The molecule has 1 aromatic heterocycles. The van der Waals surface area contributed by atoms with Gasteiger partial charge in [-0.2, -0.15) is 4.98 Å². The predicted molar refractivity (Wildman–Crippen MR) is 78.2 cm³/mol. The third kappa shape index (κ3) is 2.44. The van der Waals surface area contributed by atoms with Crippen LogP contribution in [0, 0.1) is 0 Å². The number of halogens is 1. The lowest BCUT2D eigenvalue weighted by molar-refractivity contribution is 0.416. The number of aromatic amines is 1. The maximum Gasteiger partial charge on any atom is 0.245 e. The monoisotopic (exact) mass is 293 g/mol. The minimum atomic E-state index is 0.192. The van der Waals surface area contributed by atoms with Gasteiger partial charge in [-0.25, -0.2) is 0 Å². The van der Waals surface area contributed by atoms with E-state index in [9.17, 15) is 0 Å². The molecular formula is C13H16ClN5O. The first-order chi connectivity index (χ1) is 9.67. The van der Waals surface area contributed by atoms with Crippen molar-refractivity contribution in [3.63, 3.8) is 0 Å². The van der Waals surface area contributed by atoms with Gasteiger partial charge in [0.1, 0.15) is 5.75 Å². The molecule has 0 spiro atoms. The molecule has 1 saturated heterocycles. The number of hydrogen-bond acceptors (Lipinski definition) is 5. The second-order valence-corrected chi connectivity index (χ2v) is 5.26. The van der Waals surface area contributed by atoms with Gasteiger partial charge >= 0.3 is 0 Å². The van der Waals surface area contributed by atoms with Crippen molar-refractivity contribution >= 4 is 17.5 Å². The van der Waals surface area contributed by atoms with E-state index in [1.165, 1.54) is 0 Å². The molecule has 7 heteroatoms. The molecule has 2 aromatic rings. The molecule has 0 aliphatic carbocycles. The number of methoxy groups -OCH3 is 1. The Morgan fingerprint density at radius 1 is 1.50 bits per heavy atom. The van der Waals surface area contributed by atoms with Gasteiger partial charge in [0.2, 0.25) is 5.95 Å². The number of nitrogens with zero attached hydrogens (tertiary/aromatic N) is 3. The molecule has 1 aromatic carbocycles. The second kappa shape index (κ2) is 5.30. The predicted octanol–water partition coefficient (Wildman–Crippen LogP) is 1.67. The summed E-state index contributed by atoms with van der Waals surface area (Å²) in [6.45, 7) is 1.66. The fourth-order valence-corrected chi connectivity index (χ4v) is 2.52. The molecule has 6 nitrogen and oxygen atoms in total. The van der Waals surface area contributed by atoms with E-state index in [0.29, 0.717) is 22.5 Å². The van der Waals surface area contributed by atoms with Gasteiger partial charge in [0.15, 0.2) is 5.82 Å². The van der Waals surface area contributed by atoms with Crippen LogP contribution in [0.5, 0.6) is 5.75 Å². The summed E-state index contributed by atoms with van der Waals surface area (Å²) in [6, 6.07) is 5.59. The van der Waals surface area contributed by atoms with Crippen molar-refractivity contribution in [2.75, 3.05) is 25.1 Å². The summed E-state index contributed by atoms with van der Waals surface area (Å²) in [5.74, 6) is 2.00. The molecule has 0 radical (unpaired) electrons. The van der Waals surface area contributed by atoms with Gasteiger partial charge in [0, 0.05) is 24.2 Å². The Bertz CT molecular complexity index is 615. The van der Waals surface area contributed by atoms with Crippen molar-refractivity contribution in [3.8, 4) is 17.1 Å². The number of benzene rings is 1. The van der Waals surface area contributed by atoms with E-state index >= 15 is 0 Å². The lowest BCUT2D eigenvalue weighted by Gasteiger charge is -2.11. The summed E-state index contributed by atoms with van der Waals surface area (Å²) >= 11 is 6.03. The second-order valence-electron chi connectivity index (χ2n) is 4.82. The zero-order valence-electron chi connectivity index (χ0n) is 11.1. The van der Waals surface area contributed by atoms with Gasteiger partial charge in [-0.05, 0) is 24.6 Å². The van der Waals surface area contributed by atoms with Crippen molar-refractivity contribution < 1.29 is 4.74 Å². The standard InChI is InChI=1S/C13H16ClN5O/c1-20-11-3-2-8(14)6-10(11)12-16-13(18-17-12)19-5-4-9(15)7-19/h2-3,6,9H,4-5,7,15H2,1H3,(H,16,17,18). The summed E-state index contributed by atoms with van der Waals surface area (Å²) < 4.78 is 5.33. The summed E-state index contributed by atoms with van der Waals surface area (Å²) in [5, 5.41) is 7.81. The van der Waals surface area contributed by atoms with Crippen molar-refractivity contribution in [3.05, 3.63) is 23.2 Å². The Hall–Kier alpha value is -1.79. The molecular weight excluding hydrogens is 278 g/mol. The largest absolute Gasteiger partial charge is 0.496 e. The highest BCUT2D eigenvalue weighted by atomic mass is 35.5. The molecule has 1 atom stereocenters. The maximum atomic E-state index is 6.03. The average molecular weight is 294 g/mol. The van der Waals surface area contributed by atoms with Gasteiger partial charge < -0.3 is 15.4 Å². The van der Waals surface area contributed by atoms with Crippen LogP contribution in [0.25, 0.3) is 11.4 Å². The fraction of sp³-hybridized carbons (Fsp3) is 0.385. The number of anilines is 1. The van der Waals surface area contributed by atoms with Gasteiger partial charge in [0.25, 0.3) is 0 Å². The van der Waals surface area contributed by atoms with Crippen LogP contribution >= 0.6 is 11.6 Å². The average Bonchev–Trinajstić information content (AvgIpc) is 3.07. The highest BCUT2D eigenvalue weighted by Gasteiger charge is 2.23. The number of hydrogen-bond donors (Lipinski definition) is 2. The summed E-state index contributed by atoms with van der Waals surface area (Å²) in [7, 11) is 1.61. The summed E-state index contributed by atoms with van der Waals surface area (Å²) in [5.41, 5.74) is 6.69. The number of ether oxygens (including phenoxy) is 1. The van der Waals surface area contributed by atoms with Crippen LogP contribution in [0.1, 0.15) is 6.42 Å². The molecule has 0 amide bonds. The quantitative estimate of drug-likeness (QED) is 0.900. The Morgan fingerprint density at radius 3 is 3.05 bits per heavy atom. The summed E-state index contributed by atoms with van der Waals surface area (Å²) in [4.78, 5) is 6.58. The van der Waals surface area contributed by atoms with Crippen LogP contribution < -0.4 is 15.4 Å². The van der Waals surface area contributed by atoms with E-state index in [0.717, 1.165) is 25.1 Å². The Kier molecular flexibility index (Phi) is 3.50. The molecule has 3 rings (SSSR count). The maximum absolute atomic E-state index is 6.03. The molecule has 2 heterocycles. The van der Waals surface area contributed by atoms with E-state index in [1.807, 2.05) is 6.07 Å². The van der Waals surface area contributed by atoms with Crippen molar-refractivity contribution in [1.82, 2.24) is 15.2 Å². The van der Waals surface area contributed by atoms with Crippen LogP contribution in [0.3, 0.4) is 0 Å². The molecule has 1 unspecified atom stereocenters. The SMILES string of the molecule is COc1ccc(Cl)cc1-c1nc(N2CCC(N)C2)n[nH]1. The van der Waals surface area contributed by atoms with E-state index in [1.54, 1.807) is 19.2 Å². The number of aromatic nitrogens is 3. The number of nitrogens with two attached hydrogens (primary N) is 1. The Labute approximate surface area is 121 Å². The van der Waals surface area contributed by atoms with Crippen LogP contribution in [-0.4, -0.2) is 41.4 Å². The van der Waals surface area contributed by atoms with Crippen molar-refractivity contribution in [2.24, 2.45) is 5.73 Å². The normalized spacial score (nSPS) is 18.6. The van der Waals surface area contributed by atoms with Crippen LogP contribution in [0.15, 0.2) is 18.2 Å². The van der Waals surface area contributed by atoms with E-state index < -0.39 is 0 Å². The smallest absolute Gasteiger partial charge is 0.245 e. The molecule has 3 N–H and O–H groups in total. The van der Waals surface area contributed by atoms with Gasteiger partial charge in [-0.3, -0.25) is 5.10 Å². The van der Waals surface area contributed by atoms with Crippen LogP contribution in [-0.2, 0) is 0 Å². The molecule has 0 bridgehead atoms. The highest BCUT2D eigenvalue weighted by molar-refractivity contribution is 6.30. The number of H-pyrrole nitrogens is 1. The number of nitrogens with one attached hydrogen (secondary N) is 1. The first-order valence-corrected chi connectivity index (χ1v) is 6.82. The molecule has 106 valence electrons. The minimum absolute atomic E-state index is 0.192. The van der Waals surface area contributed by atoms with Gasteiger partial charge in [-0.1, -0.05) is 11.6 Å². The minimum Gasteiger partial charge on any atom is -0.496 e. The zero-order chi connectivity index (χ0) is 14.1. The molecule has 1 aliphatic rings. The molecule has 1 fully saturated rings. The number of rotatable bonds is 3. The van der Waals surface area contributed by atoms with Gasteiger partial charge in [-0.15, -0.1) is 5.10 Å². The van der Waals surface area contributed by atoms with Crippen molar-refractivity contribution in [2.45, 2.75) is 12.5 Å².